The molecule has 30 heavy (non-hydrogen) atoms. The van der Waals surface area contributed by atoms with Crippen molar-refractivity contribution in [1.82, 2.24) is 9.29 Å². The van der Waals surface area contributed by atoms with E-state index in [-0.39, 0.29) is 11.5 Å². The Hall–Kier alpha value is -2.75. The molecule has 2 heterocycles. The van der Waals surface area contributed by atoms with Gasteiger partial charge < -0.3 is 9.84 Å². The largest absolute Gasteiger partial charge is 0.443 e. The number of ether oxygens (including phenoxy) is 1. The summed E-state index contributed by atoms with van der Waals surface area (Å²) in [5.41, 5.74) is 1.28. The number of rotatable bonds is 2. The van der Waals surface area contributed by atoms with E-state index in [1.54, 1.807) is 45.2 Å². The molecule has 0 saturated heterocycles. The van der Waals surface area contributed by atoms with Crippen molar-refractivity contribution in [1.29, 1.82) is 0 Å². The van der Waals surface area contributed by atoms with Crippen LogP contribution in [0.1, 0.15) is 32.4 Å². The van der Waals surface area contributed by atoms with Gasteiger partial charge >= 0.3 is 6.09 Å². The molecule has 0 fully saturated rings. The van der Waals surface area contributed by atoms with Crippen LogP contribution in [0.3, 0.4) is 0 Å². The van der Waals surface area contributed by atoms with Gasteiger partial charge in [-0.1, -0.05) is 6.07 Å². The molecule has 7 nitrogen and oxygen atoms in total. The summed E-state index contributed by atoms with van der Waals surface area (Å²) in [7, 11) is -3.68. The third-order valence-corrected chi connectivity index (χ3v) is 6.37. The van der Waals surface area contributed by atoms with Gasteiger partial charge in [-0.2, -0.15) is 0 Å². The van der Waals surface area contributed by atoms with Crippen molar-refractivity contribution in [3.63, 3.8) is 0 Å². The molecule has 0 amide bonds. The summed E-state index contributed by atoms with van der Waals surface area (Å²) in [6, 6.07) is 8.09. The highest BCUT2D eigenvalue weighted by atomic mass is 32.2. The molecule has 2 N–H and O–H groups in total. The van der Waals surface area contributed by atoms with Gasteiger partial charge in [-0.3, -0.25) is 4.57 Å². The number of aliphatic hydroxyl groups excluding tert-OH is 1. The fraction of sp³-hybridized carbons (Fsp3) is 0.286. The number of hydrogen-bond donors (Lipinski definition) is 2. The van der Waals surface area contributed by atoms with Crippen molar-refractivity contribution < 1.29 is 27.4 Å². The van der Waals surface area contributed by atoms with E-state index < -0.39 is 33.6 Å². The predicted octanol–water partition coefficient (Wildman–Crippen LogP) is 3.56. The molecule has 9 heteroatoms. The van der Waals surface area contributed by atoms with Crippen LogP contribution in [0.5, 0.6) is 0 Å². The molecule has 1 aliphatic rings. The minimum atomic E-state index is -3.68. The Balaban J connectivity index is 1.90. The van der Waals surface area contributed by atoms with E-state index in [9.17, 15) is 22.7 Å². The average Bonchev–Trinajstić information content (AvgIpc) is 3.14. The molecular formula is C21H21FN2O5S. The molecule has 4 rings (SSSR count). The van der Waals surface area contributed by atoms with Crippen molar-refractivity contribution >= 4 is 27.0 Å². The zero-order valence-electron chi connectivity index (χ0n) is 16.6. The van der Waals surface area contributed by atoms with E-state index in [2.05, 4.69) is 4.72 Å². The number of hydrogen-bond acceptors (Lipinski definition) is 5. The van der Waals surface area contributed by atoms with Crippen molar-refractivity contribution in [2.24, 2.45) is 0 Å². The third kappa shape index (κ3) is 3.49. The molecule has 1 aromatic heterocycles. The van der Waals surface area contributed by atoms with Gasteiger partial charge in [0.1, 0.15) is 11.4 Å². The molecular weight excluding hydrogens is 411 g/mol. The zero-order valence-corrected chi connectivity index (χ0v) is 17.5. The number of benzene rings is 2. The van der Waals surface area contributed by atoms with Crippen LogP contribution in [-0.4, -0.2) is 36.4 Å². The molecule has 3 aromatic rings. The van der Waals surface area contributed by atoms with Gasteiger partial charge in [0.15, 0.2) is 0 Å². The standard InChI is InChI=1S/C21H21FN2O5S/c1-21(2,3)29-20(26)24-10-16(14-6-5-13(22)9-18(14)24)12-4-7-19-15(8-12)17(11-25)23-30(19,27)28/h4-10,17,23,25H,11H2,1-3H3. The second kappa shape index (κ2) is 6.90. The lowest BCUT2D eigenvalue weighted by Crippen LogP contribution is -2.26. The highest BCUT2D eigenvalue weighted by Crippen LogP contribution is 2.37. The molecule has 0 saturated carbocycles. The van der Waals surface area contributed by atoms with Gasteiger partial charge in [0.25, 0.3) is 0 Å². The first-order chi connectivity index (χ1) is 14.0. The Morgan fingerprint density at radius 2 is 1.97 bits per heavy atom. The fourth-order valence-corrected chi connectivity index (χ4v) is 5.04. The average molecular weight is 432 g/mol. The lowest BCUT2D eigenvalue weighted by molar-refractivity contribution is 0.0544. The Morgan fingerprint density at radius 1 is 1.23 bits per heavy atom. The number of aromatic nitrogens is 1. The summed E-state index contributed by atoms with van der Waals surface area (Å²) in [6.45, 7) is 4.82. The van der Waals surface area contributed by atoms with Crippen molar-refractivity contribution in [3.05, 3.63) is 54.0 Å². The molecule has 1 atom stereocenters. The van der Waals surface area contributed by atoms with Crippen LogP contribution in [0.2, 0.25) is 0 Å². The summed E-state index contributed by atoms with van der Waals surface area (Å²) in [5.74, 6) is -0.499. The molecule has 0 aliphatic carbocycles. The number of nitrogens with zero attached hydrogens (tertiary/aromatic N) is 1. The molecule has 0 spiro atoms. The Morgan fingerprint density at radius 3 is 2.63 bits per heavy atom. The maximum absolute atomic E-state index is 13.9. The van der Waals surface area contributed by atoms with Crippen LogP contribution in [0, 0.1) is 5.82 Å². The predicted molar refractivity (Wildman–Crippen MR) is 109 cm³/mol. The second-order valence-corrected chi connectivity index (χ2v) is 9.85. The molecule has 0 radical (unpaired) electrons. The smallest absolute Gasteiger partial charge is 0.419 e. The van der Waals surface area contributed by atoms with Crippen LogP contribution in [0.25, 0.3) is 22.0 Å². The van der Waals surface area contributed by atoms with Crippen LogP contribution in [0.15, 0.2) is 47.5 Å². The van der Waals surface area contributed by atoms with E-state index in [0.717, 1.165) is 0 Å². The summed E-state index contributed by atoms with van der Waals surface area (Å²) >= 11 is 0. The van der Waals surface area contributed by atoms with Crippen LogP contribution in [0.4, 0.5) is 9.18 Å². The maximum Gasteiger partial charge on any atom is 0.419 e. The monoisotopic (exact) mass is 432 g/mol. The molecule has 158 valence electrons. The Bertz CT molecular complexity index is 1270. The normalized spacial score (nSPS) is 17.8. The summed E-state index contributed by atoms with van der Waals surface area (Å²) < 4.78 is 47.4. The molecule has 2 aromatic carbocycles. The maximum atomic E-state index is 13.9. The summed E-state index contributed by atoms with van der Waals surface area (Å²) in [4.78, 5) is 12.8. The molecule has 1 unspecified atom stereocenters. The Labute approximate surface area is 173 Å². The van der Waals surface area contributed by atoms with Crippen LogP contribution < -0.4 is 4.72 Å². The third-order valence-electron chi connectivity index (χ3n) is 4.82. The topological polar surface area (TPSA) is 97.6 Å². The first-order valence-corrected chi connectivity index (χ1v) is 10.8. The van der Waals surface area contributed by atoms with Gasteiger partial charge in [0.2, 0.25) is 10.0 Å². The van der Waals surface area contributed by atoms with Crippen LogP contribution in [-0.2, 0) is 14.8 Å². The number of carbonyl (C=O) groups excluding carboxylic acids is 1. The van der Waals surface area contributed by atoms with Crippen molar-refractivity contribution in [2.75, 3.05) is 6.61 Å². The quantitative estimate of drug-likeness (QED) is 0.645. The molecule has 1 aliphatic heterocycles. The van der Waals surface area contributed by atoms with E-state index in [4.69, 9.17) is 4.74 Å². The zero-order chi connectivity index (χ0) is 21.8. The Kier molecular flexibility index (Phi) is 4.72. The summed E-state index contributed by atoms with van der Waals surface area (Å²) in [6.07, 6.45) is 0.896. The van der Waals surface area contributed by atoms with Crippen LogP contribution >= 0.6 is 0 Å². The first-order valence-electron chi connectivity index (χ1n) is 9.31. The minimum absolute atomic E-state index is 0.104. The van der Waals surface area contributed by atoms with E-state index >= 15 is 0 Å². The molecule has 0 bridgehead atoms. The van der Waals surface area contributed by atoms with Gasteiger partial charge in [0.05, 0.1) is 23.1 Å². The fourth-order valence-electron chi connectivity index (χ4n) is 3.58. The minimum Gasteiger partial charge on any atom is -0.443 e. The summed E-state index contributed by atoms with van der Waals surface area (Å²) in [5, 5.41) is 10.2. The van der Waals surface area contributed by atoms with Crippen molar-refractivity contribution in [3.8, 4) is 11.1 Å². The number of carbonyl (C=O) groups is 1. The number of halogens is 1. The van der Waals surface area contributed by atoms with E-state index in [1.807, 2.05) is 0 Å². The van der Waals surface area contributed by atoms with Gasteiger partial charge in [-0.05, 0) is 62.2 Å². The van der Waals surface area contributed by atoms with Gasteiger partial charge in [-0.25, -0.2) is 22.3 Å². The van der Waals surface area contributed by atoms with E-state index in [1.165, 1.54) is 22.8 Å². The number of aliphatic hydroxyl groups is 1. The van der Waals surface area contributed by atoms with Crippen molar-refractivity contribution in [2.45, 2.75) is 37.3 Å². The SMILES string of the molecule is CC(C)(C)OC(=O)n1cc(-c2ccc3c(c2)C(CO)NS3(=O)=O)c2ccc(F)cc21. The second-order valence-electron chi connectivity index (χ2n) is 8.16. The number of fused-ring (bicyclic) bond motifs is 2. The van der Waals surface area contributed by atoms with E-state index in [0.29, 0.717) is 27.6 Å². The highest BCUT2D eigenvalue weighted by molar-refractivity contribution is 7.89. The lowest BCUT2D eigenvalue weighted by Gasteiger charge is -2.19. The highest BCUT2D eigenvalue weighted by Gasteiger charge is 2.34. The first kappa shape index (κ1) is 20.5. The lowest BCUT2D eigenvalue weighted by atomic mass is 9.99. The van der Waals surface area contributed by atoms with Gasteiger partial charge in [-0.15, -0.1) is 0 Å². The van der Waals surface area contributed by atoms with Gasteiger partial charge in [0, 0.05) is 17.1 Å². The number of sulfonamides is 1. The number of nitrogens with one attached hydrogen (secondary N) is 1.